The lowest BCUT2D eigenvalue weighted by molar-refractivity contribution is -0.119. The third-order valence-electron chi connectivity index (χ3n) is 3.91. The van der Waals surface area contributed by atoms with Gasteiger partial charge in [0.25, 0.3) is 0 Å². The molecule has 1 aromatic rings. The van der Waals surface area contributed by atoms with Crippen molar-refractivity contribution in [3.8, 4) is 0 Å². The van der Waals surface area contributed by atoms with Gasteiger partial charge >= 0.3 is 0 Å². The van der Waals surface area contributed by atoms with E-state index in [9.17, 15) is 4.79 Å². The predicted molar refractivity (Wildman–Crippen MR) is 92.1 cm³/mol. The summed E-state index contributed by atoms with van der Waals surface area (Å²) in [5, 5.41) is 4.14. The molecule has 0 radical (unpaired) electrons. The number of hydrogen-bond acceptors (Lipinski definition) is 4. The summed E-state index contributed by atoms with van der Waals surface area (Å²) >= 11 is 1.83. The van der Waals surface area contributed by atoms with Crippen LogP contribution in [0.15, 0.2) is 11.6 Å². The van der Waals surface area contributed by atoms with Crippen molar-refractivity contribution in [3.05, 3.63) is 27.2 Å². The van der Waals surface area contributed by atoms with Crippen LogP contribution in [0.4, 0.5) is 0 Å². The van der Waals surface area contributed by atoms with Gasteiger partial charge in [0.2, 0.25) is 5.91 Å². The molecule has 0 bridgehead atoms. The normalized spacial score (nSPS) is 17.2. The number of rotatable bonds is 6. The van der Waals surface area contributed by atoms with Crippen molar-refractivity contribution >= 4 is 17.2 Å². The fourth-order valence-corrected chi connectivity index (χ4v) is 4.14. The molecule has 2 heterocycles. The number of amides is 1. The van der Waals surface area contributed by atoms with Crippen LogP contribution in [-0.4, -0.2) is 34.9 Å². The Kier molecular flexibility index (Phi) is 6.15. The third kappa shape index (κ3) is 4.92. The van der Waals surface area contributed by atoms with E-state index in [4.69, 9.17) is 0 Å². The molecule has 0 saturated heterocycles. The molecule has 1 aliphatic heterocycles. The molecule has 1 amide bonds. The second kappa shape index (κ2) is 7.88. The minimum absolute atomic E-state index is 0.0495. The summed E-state index contributed by atoms with van der Waals surface area (Å²) in [4.78, 5) is 19.7. The average Bonchev–Trinajstić information content (AvgIpc) is 2.78. The van der Waals surface area contributed by atoms with Crippen LogP contribution in [-0.2, 0) is 17.8 Å². The van der Waals surface area contributed by atoms with Crippen LogP contribution in [0.5, 0.6) is 0 Å². The van der Waals surface area contributed by atoms with Gasteiger partial charge in [0.1, 0.15) is 0 Å². The first-order valence-electron chi connectivity index (χ1n) is 8.10. The molecule has 0 aromatic carbocycles. The van der Waals surface area contributed by atoms with E-state index in [2.05, 4.69) is 42.0 Å². The van der Waals surface area contributed by atoms with Gasteiger partial charge in [-0.3, -0.25) is 9.69 Å². The third-order valence-corrected chi connectivity index (χ3v) is 4.91. The van der Waals surface area contributed by atoms with Crippen LogP contribution >= 0.6 is 11.3 Å². The molecule has 1 atom stereocenters. The van der Waals surface area contributed by atoms with E-state index in [1.807, 2.05) is 11.3 Å². The Morgan fingerprint density at radius 3 is 3.00 bits per heavy atom. The summed E-state index contributed by atoms with van der Waals surface area (Å²) in [6, 6.07) is 0.209. The molecule has 4 nitrogen and oxygen atoms in total. The monoisotopic (exact) mass is 321 g/mol. The molecule has 0 spiro atoms. The van der Waals surface area contributed by atoms with E-state index in [1.165, 1.54) is 21.2 Å². The Morgan fingerprint density at radius 1 is 1.55 bits per heavy atom. The second-order valence-corrected chi connectivity index (χ2v) is 7.41. The van der Waals surface area contributed by atoms with Crippen molar-refractivity contribution in [2.24, 2.45) is 0 Å². The fourth-order valence-electron chi connectivity index (χ4n) is 3.07. The first-order valence-corrected chi connectivity index (χ1v) is 8.92. The largest absolute Gasteiger partial charge is 0.354 e. The van der Waals surface area contributed by atoms with E-state index >= 15 is 0 Å². The highest BCUT2D eigenvalue weighted by Gasteiger charge is 2.18. The average molecular weight is 321 g/mol. The van der Waals surface area contributed by atoms with Crippen LogP contribution in [0, 0.1) is 6.92 Å². The summed E-state index contributed by atoms with van der Waals surface area (Å²) in [7, 11) is 0. The summed E-state index contributed by atoms with van der Waals surface area (Å²) in [5.74, 6) is 0.0495. The summed E-state index contributed by atoms with van der Waals surface area (Å²) in [5.41, 5.74) is 2.69. The number of carbonyl (C=O) groups excluding carboxylic acids is 1. The fraction of sp³-hybridized carbons (Fsp3) is 0.647. The van der Waals surface area contributed by atoms with Crippen LogP contribution in [0.2, 0.25) is 0 Å². The summed E-state index contributed by atoms with van der Waals surface area (Å²) in [6.45, 7) is 11.0. The number of hydrogen-bond donors (Lipinski definition) is 1. The molecule has 1 aliphatic rings. The van der Waals surface area contributed by atoms with Gasteiger partial charge in [0.15, 0.2) is 0 Å². The molecule has 0 unspecified atom stereocenters. The highest BCUT2D eigenvalue weighted by Crippen LogP contribution is 2.23. The minimum Gasteiger partial charge on any atom is -0.354 e. The Bertz CT molecular complexity index is 550. The van der Waals surface area contributed by atoms with Gasteiger partial charge in [-0.15, -0.1) is 11.3 Å². The first-order chi connectivity index (χ1) is 10.5. The Morgan fingerprint density at radius 2 is 2.32 bits per heavy atom. The first kappa shape index (κ1) is 17.2. The molecule has 1 aromatic heterocycles. The zero-order valence-corrected chi connectivity index (χ0v) is 14.9. The number of aryl methyl sites for hydroxylation is 2. The van der Waals surface area contributed by atoms with Crippen molar-refractivity contribution in [2.45, 2.75) is 59.5 Å². The maximum absolute atomic E-state index is 11.1. The molecule has 1 N–H and O–H groups in total. The van der Waals surface area contributed by atoms with Crippen molar-refractivity contribution < 1.29 is 4.79 Å². The number of nitrogens with zero attached hydrogens (tertiary/aromatic N) is 2. The molecule has 22 heavy (non-hydrogen) atoms. The second-order valence-electron chi connectivity index (χ2n) is 6.12. The van der Waals surface area contributed by atoms with Crippen molar-refractivity contribution in [3.63, 3.8) is 0 Å². The van der Waals surface area contributed by atoms with Crippen LogP contribution in [0.3, 0.4) is 0 Å². The Balaban J connectivity index is 1.92. The zero-order valence-electron chi connectivity index (χ0n) is 14.1. The SMILES string of the molecule is CCc1nc(C)sc1CN1CCC=C(C[C@H](C)NC(C)=O)C1. The molecule has 0 fully saturated rings. The van der Waals surface area contributed by atoms with E-state index in [1.54, 1.807) is 6.92 Å². The van der Waals surface area contributed by atoms with E-state index in [-0.39, 0.29) is 11.9 Å². The van der Waals surface area contributed by atoms with Gasteiger partial charge in [-0.2, -0.15) is 0 Å². The molecular formula is C17H27N3OS. The molecule has 5 heteroatoms. The van der Waals surface area contributed by atoms with Gasteiger partial charge in [-0.25, -0.2) is 4.98 Å². The van der Waals surface area contributed by atoms with Crippen LogP contribution in [0.1, 0.15) is 49.2 Å². The number of carbonyl (C=O) groups is 1. The van der Waals surface area contributed by atoms with Gasteiger partial charge in [-0.05, 0) is 33.1 Å². The lowest BCUT2D eigenvalue weighted by Gasteiger charge is -2.28. The van der Waals surface area contributed by atoms with Crippen molar-refractivity contribution in [1.29, 1.82) is 0 Å². The summed E-state index contributed by atoms with van der Waals surface area (Å²) < 4.78 is 0. The molecular weight excluding hydrogens is 294 g/mol. The zero-order chi connectivity index (χ0) is 16.1. The molecule has 0 aliphatic carbocycles. The van der Waals surface area contributed by atoms with Gasteiger partial charge in [0.05, 0.1) is 10.7 Å². The quantitative estimate of drug-likeness (QED) is 0.819. The maximum Gasteiger partial charge on any atom is 0.217 e. The molecule has 2 rings (SSSR count). The van der Waals surface area contributed by atoms with E-state index in [0.29, 0.717) is 0 Å². The smallest absolute Gasteiger partial charge is 0.217 e. The van der Waals surface area contributed by atoms with Crippen molar-refractivity contribution in [2.75, 3.05) is 13.1 Å². The standard InChI is InChI=1S/C17H27N3OS/c1-5-16-17(22-14(4)19-16)11-20-8-6-7-15(10-20)9-12(2)18-13(3)21/h7,12H,5-6,8-11H2,1-4H3,(H,18,21)/t12-/m0/s1. The van der Waals surface area contributed by atoms with Gasteiger partial charge in [-0.1, -0.05) is 18.6 Å². The van der Waals surface area contributed by atoms with Gasteiger partial charge in [0, 0.05) is 37.5 Å². The minimum atomic E-state index is 0.0495. The summed E-state index contributed by atoms with van der Waals surface area (Å²) in [6.07, 6.45) is 5.39. The van der Waals surface area contributed by atoms with Crippen LogP contribution < -0.4 is 5.32 Å². The molecule has 122 valence electrons. The highest BCUT2D eigenvalue weighted by molar-refractivity contribution is 7.11. The number of nitrogens with one attached hydrogen (secondary N) is 1. The molecule has 0 saturated carbocycles. The predicted octanol–water partition coefficient (Wildman–Crippen LogP) is 3.06. The number of aromatic nitrogens is 1. The Labute approximate surface area is 137 Å². The Hall–Kier alpha value is -1.20. The van der Waals surface area contributed by atoms with Crippen LogP contribution in [0.25, 0.3) is 0 Å². The lowest BCUT2D eigenvalue weighted by atomic mass is 10.0. The topological polar surface area (TPSA) is 45.2 Å². The van der Waals surface area contributed by atoms with Gasteiger partial charge < -0.3 is 5.32 Å². The highest BCUT2D eigenvalue weighted by atomic mass is 32.1. The lowest BCUT2D eigenvalue weighted by Crippen LogP contribution is -2.34. The van der Waals surface area contributed by atoms with E-state index in [0.717, 1.165) is 38.9 Å². The van der Waals surface area contributed by atoms with E-state index < -0.39 is 0 Å². The van der Waals surface area contributed by atoms with Crippen molar-refractivity contribution in [1.82, 2.24) is 15.2 Å². The number of thiazole rings is 1. The maximum atomic E-state index is 11.1.